The summed E-state index contributed by atoms with van der Waals surface area (Å²) in [5, 5.41) is 6.53. The van der Waals surface area contributed by atoms with Gasteiger partial charge in [-0.3, -0.25) is 0 Å². The Bertz CT molecular complexity index is 565. The second-order valence-electron chi connectivity index (χ2n) is 6.01. The molecule has 0 aliphatic rings. The lowest BCUT2D eigenvalue weighted by Gasteiger charge is -2.20. The second-order valence-corrected chi connectivity index (χ2v) is 6.01. The maximum atomic E-state index is 5.39. The SMILES string of the molecule is C#CC[NH2+]Cc1c(C)c(C[NH2+]CC#C)c(C)c(C[NH2+]CC#C)c1C. The predicted octanol–water partition coefficient (Wildman–Crippen LogP) is -1.30. The van der Waals surface area contributed by atoms with Crippen LogP contribution in [0.15, 0.2) is 0 Å². The van der Waals surface area contributed by atoms with E-state index in [2.05, 4.69) is 54.5 Å². The minimum Gasteiger partial charge on any atom is -0.332 e. The zero-order valence-corrected chi connectivity index (χ0v) is 15.2. The molecular weight excluding hydrogens is 294 g/mol. The largest absolute Gasteiger partial charge is 0.332 e. The fraction of sp³-hybridized carbons (Fsp3) is 0.429. The number of hydrogen-bond donors (Lipinski definition) is 3. The van der Waals surface area contributed by atoms with E-state index in [1.54, 1.807) is 0 Å². The van der Waals surface area contributed by atoms with Gasteiger partial charge in [0, 0.05) is 16.7 Å². The highest BCUT2D eigenvalue weighted by Crippen LogP contribution is 2.26. The first-order valence-corrected chi connectivity index (χ1v) is 8.44. The van der Waals surface area contributed by atoms with Crippen LogP contribution in [0.1, 0.15) is 33.4 Å². The fourth-order valence-corrected chi connectivity index (χ4v) is 3.21. The van der Waals surface area contributed by atoms with Crippen LogP contribution in [0.2, 0.25) is 0 Å². The minimum atomic E-state index is 0.698. The highest BCUT2D eigenvalue weighted by Gasteiger charge is 2.19. The molecule has 0 aromatic heterocycles. The Morgan fingerprint density at radius 1 is 0.583 bits per heavy atom. The maximum Gasteiger partial charge on any atom is 0.137 e. The third kappa shape index (κ3) is 5.16. The van der Waals surface area contributed by atoms with Crippen LogP contribution in [0, 0.1) is 57.8 Å². The van der Waals surface area contributed by atoms with Crippen molar-refractivity contribution in [3.05, 3.63) is 33.4 Å². The van der Waals surface area contributed by atoms with Gasteiger partial charge in [-0.1, -0.05) is 0 Å². The quantitative estimate of drug-likeness (QED) is 0.374. The number of rotatable bonds is 9. The molecule has 0 aliphatic carbocycles. The van der Waals surface area contributed by atoms with Gasteiger partial charge in [-0.15, -0.1) is 19.3 Å². The van der Waals surface area contributed by atoms with Crippen molar-refractivity contribution in [2.45, 2.75) is 40.4 Å². The number of terminal acetylenes is 3. The molecule has 0 fully saturated rings. The monoisotopic (exact) mass is 324 g/mol. The molecule has 0 saturated heterocycles. The Morgan fingerprint density at radius 2 is 0.833 bits per heavy atom. The molecule has 1 aromatic rings. The second kappa shape index (κ2) is 10.5. The van der Waals surface area contributed by atoms with E-state index in [9.17, 15) is 0 Å². The van der Waals surface area contributed by atoms with Gasteiger partial charge in [-0.05, 0) is 55.2 Å². The van der Waals surface area contributed by atoms with Crippen molar-refractivity contribution in [1.82, 2.24) is 0 Å². The summed E-state index contributed by atoms with van der Waals surface area (Å²) in [7, 11) is 0. The molecule has 0 radical (unpaired) electrons. The van der Waals surface area contributed by atoms with E-state index in [0.717, 1.165) is 19.6 Å². The molecule has 0 spiro atoms. The zero-order valence-electron chi connectivity index (χ0n) is 15.2. The molecule has 1 aromatic carbocycles. The number of quaternary nitrogens is 3. The van der Waals surface area contributed by atoms with E-state index in [4.69, 9.17) is 19.3 Å². The lowest BCUT2D eigenvalue weighted by atomic mass is 9.88. The molecule has 1 rings (SSSR count). The van der Waals surface area contributed by atoms with Gasteiger partial charge in [0.05, 0.1) is 0 Å². The Hall–Kier alpha value is -2.22. The van der Waals surface area contributed by atoms with E-state index in [1.165, 1.54) is 33.4 Å². The maximum absolute atomic E-state index is 5.39. The fourth-order valence-electron chi connectivity index (χ4n) is 3.21. The molecule has 6 N–H and O–H groups in total. The highest BCUT2D eigenvalue weighted by atomic mass is 14.9. The normalized spacial score (nSPS) is 10.0. The summed E-state index contributed by atoms with van der Waals surface area (Å²) in [4.78, 5) is 0. The van der Waals surface area contributed by atoms with Crippen molar-refractivity contribution in [2.75, 3.05) is 19.6 Å². The average Bonchev–Trinajstić information content (AvgIpc) is 2.57. The molecule has 3 nitrogen and oxygen atoms in total. The standard InChI is InChI=1S/C21H27N3/c1-7-10-22-13-19-16(4)20(14-23-11-8-2)18(6)21(17(19)5)15-24-12-9-3/h1-3,22-24H,10-15H2,4-6H3/p+3. The van der Waals surface area contributed by atoms with Crippen LogP contribution >= 0.6 is 0 Å². The van der Waals surface area contributed by atoms with E-state index < -0.39 is 0 Å². The average molecular weight is 324 g/mol. The van der Waals surface area contributed by atoms with Crippen LogP contribution in [0.4, 0.5) is 0 Å². The number of benzene rings is 1. The third-order valence-electron chi connectivity index (χ3n) is 4.55. The molecule has 126 valence electrons. The molecule has 0 heterocycles. The van der Waals surface area contributed by atoms with Crippen molar-refractivity contribution in [3.63, 3.8) is 0 Å². The van der Waals surface area contributed by atoms with Crippen LogP contribution in [0.3, 0.4) is 0 Å². The lowest BCUT2D eigenvalue weighted by molar-refractivity contribution is -0.662. The van der Waals surface area contributed by atoms with Crippen LogP contribution in [-0.4, -0.2) is 19.6 Å². The van der Waals surface area contributed by atoms with Gasteiger partial charge >= 0.3 is 0 Å². The first-order chi connectivity index (χ1) is 11.6. The Morgan fingerprint density at radius 3 is 1.04 bits per heavy atom. The van der Waals surface area contributed by atoms with Gasteiger partial charge in [0.1, 0.15) is 39.3 Å². The molecule has 0 atom stereocenters. The number of nitrogens with two attached hydrogens (primary N) is 3. The molecular formula is C21H30N3+3. The van der Waals surface area contributed by atoms with Gasteiger partial charge in [-0.25, -0.2) is 0 Å². The van der Waals surface area contributed by atoms with E-state index >= 15 is 0 Å². The van der Waals surface area contributed by atoms with Crippen molar-refractivity contribution in [2.24, 2.45) is 0 Å². The lowest BCUT2D eigenvalue weighted by Crippen LogP contribution is -2.83. The van der Waals surface area contributed by atoms with Crippen LogP contribution < -0.4 is 16.0 Å². The molecule has 0 saturated carbocycles. The summed E-state index contributed by atoms with van der Waals surface area (Å²) >= 11 is 0. The summed E-state index contributed by atoms with van der Waals surface area (Å²) in [5.41, 5.74) is 8.28. The topological polar surface area (TPSA) is 49.8 Å². The number of hydrogen-bond acceptors (Lipinski definition) is 0. The molecule has 0 bridgehead atoms. The molecule has 3 heteroatoms. The first-order valence-electron chi connectivity index (χ1n) is 8.44. The Balaban J connectivity index is 3.22. The van der Waals surface area contributed by atoms with Crippen molar-refractivity contribution in [1.29, 1.82) is 0 Å². The summed E-state index contributed by atoms with van der Waals surface area (Å²) in [6.45, 7) is 11.5. The summed E-state index contributed by atoms with van der Waals surface area (Å²) < 4.78 is 0. The van der Waals surface area contributed by atoms with E-state index in [-0.39, 0.29) is 0 Å². The molecule has 0 aliphatic heterocycles. The molecule has 0 amide bonds. The van der Waals surface area contributed by atoms with E-state index in [1.807, 2.05) is 0 Å². The summed E-state index contributed by atoms with van der Waals surface area (Å²) in [6, 6.07) is 0. The molecule has 24 heavy (non-hydrogen) atoms. The first kappa shape index (κ1) is 19.8. The summed E-state index contributed by atoms with van der Waals surface area (Å²) in [6.07, 6.45) is 16.2. The Kier molecular flexibility index (Phi) is 8.70. The smallest absolute Gasteiger partial charge is 0.137 e. The van der Waals surface area contributed by atoms with Crippen LogP contribution in [-0.2, 0) is 19.6 Å². The van der Waals surface area contributed by atoms with Crippen LogP contribution in [0.25, 0.3) is 0 Å². The van der Waals surface area contributed by atoms with Crippen molar-refractivity contribution in [3.8, 4) is 37.0 Å². The van der Waals surface area contributed by atoms with Gasteiger partial charge in [0.25, 0.3) is 0 Å². The summed E-state index contributed by atoms with van der Waals surface area (Å²) in [5.74, 6) is 8.07. The third-order valence-corrected chi connectivity index (χ3v) is 4.55. The van der Waals surface area contributed by atoms with Gasteiger partial charge in [0.15, 0.2) is 0 Å². The Labute approximate surface area is 147 Å². The predicted molar refractivity (Wildman–Crippen MR) is 98.6 cm³/mol. The minimum absolute atomic E-state index is 0.698. The van der Waals surface area contributed by atoms with Crippen molar-refractivity contribution >= 4 is 0 Å². The van der Waals surface area contributed by atoms with Crippen LogP contribution in [0.5, 0.6) is 0 Å². The van der Waals surface area contributed by atoms with Gasteiger partial charge in [0.2, 0.25) is 0 Å². The molecule has 0 unspecified atom stereocenters. The van der Waals surface area contributed by atoms with Gasteiger partial charge in [-0.2, -0.15) is 0 Å². The highest BCUT2D eigenvalue weighted by molar-refractivity contribution is 5.49. The van der Waals surface area contributed by atoms with Crippen molar-refractivity contribution < 1.29 is 16.0 Å². The van der Waals surface area contributed by atoms with E-state index in [0.29, 0.717) is 19.6 Å². The zero-order chi connectivity index (χ0) is 17.9. The van der Waals surface area contributed by atoms with Gasteiger partial charge < -0.3 is 16.0 Å².